The number of nitrogens with one attached hydrogen (secondary N) is 1. The van der Waals surface area contributed by atoms with E-state index in [1.807, 2.05) is 24.3 Å². The number of benzene rings is 2. The molecule has 0 spiro atoms. The van der Waals surface area contributed by atoms with Crippen LogP contribution in [0.25, 0.3) is 10.2 Å². The number of amides is 2. The number of anilines is 1. The summed E-state index contributed by atoms with van der Waals surface area (Å²) in [5.74, 6) is -0.926. The lowest BCUT2D eigenvalue weighted by Gasteiger charge is -2.23. The molecule has 0 unspecified atom stereocenters. The van der Waals surface area contributed by atoms with Crippen LogP contribution in [0.1, 0.15) is 18.4 Å². The summed E-state index contributed by atoms with van der Waals surface area (Å²) in [5, 5.41) is 8.64. The van der Waals surface area contributed by atoms with Crippen molar-refractivity contribution in [3.63, 3.8) is 0 Å². The fourth-order valence-corrected chi connectivity index (χ4v) is 3.68. The third-order valence-corrected chi connectivity index (χ3v) is 5.07. The third kappa shape index (κ3) is 3.85. The number of carbonyl (C=O) groups is 2. The highest BCUT2D eigenvalue weighted by molar-refractivity contribution is 7.22. The van der Waals surface area contributed by atoms with Gasteiger partial charge in [0.05, 0.1) is 15.9 Å². The van der Waals surface area contributed by atoms with Crippen molar-refractivity contribution in [2.24, 2.45) is 5.10 Å². The molecule has 4 rings (SSSR count). The van der Waals surface area contributed by atoms with Gasteiger partial charge in [0.2, 0.25) is 11.8 Å². The molecule has 1 aromatic heterocycles. The molecule has 0 fully saturated rings. The minimum Gasteiger partial charge on any atom is -0.300 e. The highest BCUT2D eigenvalue weighted by atomic mass is 32.1. The van der Waals surface area contributed by atoms with Crippen molar-refractivity contribution in [1.29, 1.82) is 0 Å². The number of para-hydroxylation sites is 1. The molecule has 27 heavy (non-hydrogen) atoms. The Morgan fingerprint density at radius 3 is 2.70 bits per heavy atom. The van der Waals surface area contributed by atoms with Crippen molar-refractivity contribution in [2.75, 3.05) is 11.9 Å². The van der Waals surface area contributed by atoms with Gasteiger partial charge in [0.15, 0.2) is 5.13 Å². The molecule has 2 amide bonds. The van der Waals surface area contributed by atoms with Gasteiger partial charge in [0, 0.05) is 12.8 Å². The number of hydrogen-bond acceptors (Lipinski definition) is 5. The van der Waals surface area contributed by atoms with Gasteiger partial charge in [-0.3, -0.25) is 9.59 Å². The molecule has 6 nitrogen and oxygen atoms in total. The van der Waals surface area contributed by atoms with Crippen LogP contribution in [-0.4, -0.2) is 34.1 Å². The number of nitrogens with zero attached hydrogens (tertiary/aromatic N) is 3. The first kappa shape index (κ1) is 17.3. The SMILES string of the molecule is O=C(CN1N=C(c2ccc(F)cc2)CCC1=O)Nc1nc2ccccc2s1. The van der Waals surface area contributed by atoms with Gasteiger partial charge in [0.1, 0.15) is 12.4 Å². The molecule has 3 aromatic rings. The van der Waals surface area contributed by atoms with Crippen LogP contribution < -0.4 is 5.32 Å². The van der Waals surface area contributed by atoms with Crippen molar-refractivity contribution in [2.45, 2.75) is 12.8 Å². The minimum atomic E-state index is -0.369. The number of hydrazone groups is 1. The summed E-state index contributed by atoms with van der Waals surface area (Å²) in [7, 11) is 0. The first-order valence-corrected chi connectivity index (χ1v) is 9.19. The van der Waals surface area contributed by atoms with Gasteiger partial charge >= 0.3 is 0 Å². The van der Waals surface area contributed by atoms with E-state index in [-0.39, 0.29) is 30.6 Å². The summed E-state index contributed by atoms with van der Waals surface area (Å²) in [6.45, 7) is -0.195. The fourth-order valence-electron chi connectivity index (χ4n) is 2.79. The summed E-state index contributed by atoms with van der Waals surface area (Å²) in [4.78, 5) is 28.8. The predicted octanol–water partition coefficient (Wildman–Crippen LogP) is 3.40. The van der Waals surface area contributed by atoms with Gasteiger partial charge < -0.3 is 5.32 Å². The highest BCUT2D eigenvalue weighted by Gasteiger charge is 2.23. The van der Waals surface area contributed by atoms with E-state index in [2.05, 4.69) is 15.4 Å². The molecule has 2 heterocycles. The Hall–Kier alpha value is -3.13. The first-order chi connectivity index (χ1) is 13.1. The molecule has 136 valence electrons. The van der Waals surface area contributed by atoms with Gasteiger partial charge in [-0.05, 0) is 29.8 Å². The Bertz CT molecular complexity index is 1010. The summed E-state index contributed by atoms with van der Waals surface area (Å²) >= 11 is 1.37. The molecule has 0 saturated heterocycles. The van der Waals surface area contributed by atoms with Crippen molar-refractivity contribution < 1.29 is 14.0 Å². The van der Waals surface area contributed by atoms with Gasteiger partial charge in [-0.1, -0.05) is 35.6 Å². The lowest BCUT2D eigenvalue weighted by molar-refractivity contribution is -0.135. The van der Waals surface area contributed by atoms with E-state index in [0.717, 1.165) is 20.8 Å². The molecule has 0 bridgehead atoms. The molecule has 0 aliphatic carbocycles. The van der Waals surface area contributed by atoms with Crippen LogP contribution in [0.5, 0.6) is 0 Å². The average molecular weight is 382 g/mol. The quantitative estimate of drug-likeness (QED) is 0.751. The Kier molecular flexibility index (Phi) is 4.64. The van der Waals surface area contributed by atoms with E-state index in [9.17, 15) is 14.0 Å². The molecule has 0 saturated carbocycles. The molecule has 1 aliphatic heterocycles. The van der Waals surface area contributed by atoms with Gasteiger partial charge in [-0.2, -0.15) is 5.10 Å². The fraction of sp³-hybridized carbons (Fsp3) is 0.158. The van der Waals surface area contributed by atoms with Crippen LogP contribution in [0.2, 0.25) is 0 Å². The van der Waals surface area contributed by atoms with Gasteiger partial charge in [-0.15, -0.1) is 0 Å². The topological polar surface area (TPSA) is 74.7 Å². The average Bonchev–Trinajstić information content (AvgIpc) is 3.06. The predicted molar refractivity (Wildman–Crippen MR) is 102 cm³/mol. The van der Waals surface area contributed by atoms with E-state index >= 15 is 0 Å². The molecule has 1 aliphatic rings. The maximum atomic E-state index is 13.1. The van der Waals surface area contributed by atoms with E-state index in [4.69, 9.17) is 0 Å². The minimum absolute atomic E-state index is 0.195. The maximum Gasteiger partial charge on any atom is 0.248 e. The van der Waals surface area contributed by atoms with E-state index < -0.39 is 0 Å². The lowest BCUT2D eigenvalue weighted by atomic mass is 10.0. The van der Waals surface area contributed by atoms with Crippen molar-refractivity contribution in [3.8, 4) is 0 Å². The largest absolute Gasteiger partial charge is 0.300 e. The lowest BCUT2D eigenvalue weighted by Crippen LogP contribution is -2.37. The van der Waals surface area contributed by atoms with Crippen molar-refractivity contribution in [1.82, 2.24) is 9.99 Å². The van der Waals surface area contributed by atoms with Crippen LogP contribution in [0.15, 0.2) is 53.6 Å². The van der Waals surface area contributed by atoms with Crippen LogP contribution >= 0.6 is 11.3 Å². The van der Waals surface area contributed by atoms with E-state index in [0.29, 0.717) is 17.3 Å². The Morgan fingerprint density at radius 2 is 1.93 bits per heavy atom. The normalized spacial score (nSPS) is 14.3. The number of aromatic nitrogens is 1. The van der Waals surface area contributed by atoms with Crippen molar-refractivity contribution >= 4 is 44.2 Å². The summed E-state index contributed by atoms with van der Waals surface area (Å²) in [6, 6.07) is 13.5. The summed E-state index contributed by atoms with van der Waals surface area (Å²) in [6.07, 6.45) is 0.713. The van der Waals surface area contributed by atoms with E-state index in [1.165, 1.54) is 23.5 Å². The molecular weight excluding hydrogens is 367 g/mol. The molecular formula is C19H15FN4O2S. The van der Waals surface area contributed by atoms with Gasteiger partial charge in [-0.25, -0.2) is 14.4 Å². The zero-order valence-electron chi connectivity index (χ0n) is 14.2. The van der Waals surface area contributed by atoms with Crippen LogP contribution in [0, 0.1) is 5.82 Å². The number of halogens is 1. The molecule has 0 atom stereocenters. The Morgan fingerprint density at radius 1 is 1.15 bits per heavy atom. The molecule has 2 aromatic carbocycles. The van der Waals surface area contributed by atoms with Crippen LogP contribution in [0.4, 0.5) is 9.52 Å². The van der Waals surface area contributed by atoms with Crippen LogP contribution in [0.3, 0.4) is 0 Å². The number of rotatable bonds is 4. The molecule has 8 heteroatoms. The standard InChI is InChI=1S/C19H15FN4O2S/c20-13-7-5-12(6-8-13)14-9-10-18(26)24(23-14)11-17(25)22-19-21-15-3-1-2-4-16(15)27-19/h1-8H,9-11H2,(H,21,22,25). The zero-order valence-corrected chi connectivity index (χ0v) is 15.0. The molecule has 0 radical (unpaired) electrons. The smallest absolute Gasteiger partial charge is 0.248 e. The third-order valence-electron chi connectivity index (χ3n) is 4.12. The number of fused-ring (bicyclic) bond motifs is 1. The zero-order chi connectivity index (χ0) is 18.8. The number of thiazole rings is 1. The first-order valence-electron chi connectivity index (χ1n) is 8.38. The summed E-state index contributed by atoms with van der Waals surface area (Å²) < 4.78 is 14.1. The maximum absolute atomic E-state index is 13.1. The van der Waals surface area contributed by atoms with Crippen molar-refractivity contribution in [3.05, 3.63) is 59.9 Å². The number of carbonyl (C=O) groups excluding carboxylic acids is 2. The highest BCUT2D eigenvalue weighted by Crippen LogP contribution is 2.25. The second-order valence-corrected chi connectivity index (χ2v) is 7.07. The van der Waals surface area contributed by atoms with Gasteiger partial charge in [0.25, 0.3) is 0 Å². The molecule has 1 N–H and O–H groups in total. The monoisotopic (exact) mass is 382 g/mol. The van der Waals surface area contributed by atoms with E-state index in [1.54, 1.807) is 12.1 Å². The Labute approximate surface area is 158 Å². The van der Waals surface area contributed by atoms with Crippen LogP contribution in [-0.2, 0) is 9.59 Å². The second kappa shape index (κ2) is 7.24. The Balaban J connectivity index is 1.47. The summed E-state index contributed by atoms with van der Waals surface area (Å²) in [5.41, 5.74) is 2.20. The number of hydrogen-bond donors (Lipinski definition) is 1. The second-order valence-electron chi connectivity index (χ2n) is 6.04.